The van der Waals surface area contributed by atoms with Crippen LogP contribution in [-0.2, 0) is 13.2 Å². The smallest absolute Gasteiger partial charge is 0.354 e. The molecule has 0 aliphatic heterocycles. The Morgan fingerprint density at radius 1 is 0.408 bits per heavy atom. The number of nitrogens with one attached hydrogen (secondary N) is 2. The molecule has 0 spiro atoms. The molecule has 0 radical (unpaired) electrons. The Bertz CT molecular complexity index is 6070. The van der Waals surface area contributed by atoms with Crippen molar-refractivity contribution in [2.75, 3.05) is 41.5 Å². The van der Waals surface area contributed by atoms with E-state index in [-0.39, 0.29) is 84.9 Å². The molecule has 8 aromatic carbocycles. The lowest BCUT2D eigenvalue weighted by Gasteiger charge is -2.12. The van der Waals surface area contributed by atoms with Gasteiger partial charge in [-0.1, -0.05) is 127 Å². The highest BCUT2D eigenvalue weighted by Crippen LogP contribution is 2.31. The first-order valence-electron chi connectivity index (χ1n) is 36.8. The number of nitrogens with two attached hydrogens (primary N) is 1. The van der Waals surface area contributed by atoms with Gasteiger partial charge in [-0.2, -0.15) is 0 Å². The van der Waals surface area contributed by atoms with Gasteiger partial charge in [0.25, 0.3) is 12.3 Å². The topological polar surface area (TPSA) is 466 Å². The lowest BCUT2D eigenvalue weighted by molar-refractivity contribution is -0.465. The molecule has 1 atom stereocenters. The summed E-state index contributed by atoms with van der Waals surface area (Å²) < 4.78 is 20.8. The Morgan fingerprint density at radius 3 is 1.18 bits per heavy atom. The fourth-order valence-electron chi connectivity index (χ4n) is 11.5. The van der Waals surface area contributed by atoms with E-state index in [1.54, 1.807) is 92.0 Å². The Labute approximate surface area is 685 Å². The zero-order valence-corrected chi connectivity index (χ0v) is 65.2. The molecule has 7 aromatic heterocycles. The summed E-state index contributed by atoms with van der Waals surface area (Å²) in [5, 5.41) is 60.5. The number of carbonyl (C=O) groups excluding carboxylic acids is 6. The number of aliphatic hydroxyl groups excluding tert-OH is 3. The van der Waals surface area contributed by atoms with Crippen molar-refractivity contribution >= 4 is 101 Å². The number of methoxy groups -OCH3 is 4. The van der Waals surface area contributed by atoms with Gasteiger partial charge in [-0.25, -0.2) is 39.5 Å². The molecule has 0 bridgehead atoms. The zero-order chi connectivity index (χ0) is 86.0. The minimum absolute atomic E-state index is 0.00530. The van der Waals surface area contributed by atoms with Gasteiger partial charge in [0.15, 0.2) is 46.1 Å². The van der Waals surface area contributed by atoms with Crippen LogP contribution in [0.2, 0.25) is 0 Å². The lowest BCUT2D eigenvalue weighted by atomic mass is 10.0. The van der Waals surface area contributed by atoms with Gasteiger partial charge in [-0.3, -0.25) is 43.9 Å². The molecule has 0 saturated heterocycles. The minimum Gasteiger partial charge on any atom is -0.493 e. The molecule has 15 rings (SSSR count). The summed E-state index contributed by atoms with van der Waals surface area (Å²) in [6.45, 7) is -1.18. The number of aromatic amines is 2. The molecule has 7 heterocycles. The normalized spacial score (nSPS) is 10.6. The van der Waals surface area contributed by atoms with Crippen molar-refractivity contribution in [1.82, 2.24) is 44.9 Å². The number of rotatable bonds is 25. The second-order valence-electron chi connectivity index (χ2n) is 25.7. The SMILES string of the molecule is COc1ccc(C(=O)CCC(=O)c2ccc3ccccc3n2)cc1OC.COc1ccc(C(=O)CCC(O)c2ccc3ccccc3n2)cc1OC.NCC(=O)c1ccc2ccccc2n1.O=C(C[N+](=O)[O-])c1ccc2ccccc2n1.O=C(O)c1ccc(CO)c(CO)c1.O=C(O)c1ccc2ccccc2n1.O=C(c1cnc[nH]1)c1cnc[nH]1. The van der Waals surface area contributed by atoms with Crippen molar-refractivity contribution in [2.24, 2.45) is 5.73 Å². The van der Waals surface area contributed by atoms with Crippen LogP contribution in [0.1, 0.15) is 138 Å². The maximum Gasteiger partial charge on any atom is 0.354 e. The number of nitrogens with zero attached hydrogens (tertiary/aromatic N) is 8. The molecule has 0 fully saturated rings. The molecule has 120 heavy (non-hydrogen) atoms. The molecule has 0 amide bonds. The van der Waals surface area contributed by atoms with E-state index in [0.29, 0.717) is 91.2 Å². The predicted octanol–water partition coefficient (Wildman–Crippen LogP) is 13.8. The standard InChI is InChI=1S/C21H21NO4.C21H19NO4.C11H8N2O3.C11H10N2O.C10H7NO2.C9H10O4.C7H6N4O/c2*1-25-20-12-8-15(13-21(20)26-2)18(23)10-11-19(24)17-9-7-14-5-3-4-6-16(14)22-17;14-11(7-13(15)16)10-6-5-8-3-1-2-4-9(8)12-10;12-7-11(14)10-6-5-8-3-1-2-4-9(8)13-10;12-10(13)9-6-5-7-3-1-2-4-8(7)11-9;10-4-7-2-1-6(9(12)13)3-8(7)5-11;12-7(5-1-8-3-10-5)6-2-9-4-11-6/h3-9,12-13,19,24H,10-11H2,1-2H3;3-9,12-13H,10-11H2,1-2H3;1-6H,7H2;1-6H,7,12H2;1-6H,(H,12,13);1-3,10-11H,4-5H2,(H,12,13);1-4H,(H,8,10)(H,9,11). The number of carbonyl (C=O) groups is 8. The number of carboxylic acid groups (broad SMARTS) is 2. The number of imidazole rings is 2. The van der Waals surface area contributed by atoms with Crippen molar-refractivity contribution < 1.29 is 87.8 Å². The maximum atomic E-state index is 12.4. The number of hydrogen-bond acceptors (Lipinski definition) is 25. The number of ketones is 6. The molecule has 610 valence electrons. The summed E-state index contributed by atoms with van der Waals surface area (Å²) in [5.41, 5.74) is 13.7. The number of carboxylic acids is 2. The van der Waals surface area contributed by atoms with E-state index in [4.69, 9.17) is 45.1 Å². The Kier molecular flexibility index (Phi) is 32.8. The molecule has 30 nitrogen and oxygen atoms in total. The number of ether oxygens (including phenoxy) is 4. The number of nitro groups is 1. The summed E-state index contributed by atoms with van der Waals surface area (Å²) >= 11 is 0. The number of benzene rings is 8. The average Bonchev–Trinajstić information content (AvgIpc) is 0.856. The fraction of sp³-hybridized carbons (Fsp3) is 0.144. The summed E-state index contributed by atoms with van der Waals surface area (Å²) in [7, 11) is 6.13. The van der Waals surface area contributed by atoms with E-state index in [9.17, 15) is 53.6 Å². The highest BCUT2D eigenvalue weighted by molar-refractivity contribution is 6.06. The number of fused-ring (bicyclic) bond motifs is 5. The van der Waals surface area contributed by atoms with Gasteiger partial charge < -0.3 is 60.2 Å². The molecule has 0 aliphatic carbocycles. The van der Waals surface area contributed by atoms with Crippen LogP contribution in [0.3, 0.4) is 0 Å². The van der Waals surface area contributed by atoms with Crippen molar-refractivity contribution in [3.63, 3.8) is 0 Å². The highest BCUT2D eigenvalue weighted by Gasteiger charge is 2.20. The van der Waals surface area contributed by atoms with Crippen molar-refractivity contribution in [3.05, 3.63) is 339 Å². The monoisotopic (exact) mass is 1620 g/mol. The summed E-state index contributed by atoms with van der Waals surface area (Å²) in [4.78, 5) is 136. The molecule has 0 saturated carbocycles. The van der Waals surface area contributed by atoms with E-state index in [1.807, 2.05) is 121 Å². The minimum atomic E-state index is -1.04. The second-order valence-corrected chi connectivity index (χ2v) is 25.7. The van der Waals surface area contributed by atoms with Crippen LogP contribution in [0.5, 0.6) is 23.0 Å². The molecular weight excluding hydrogens is 1540 g/mol. The fourth-order valence-corrected chi connectivity index (χ4v) is 11.5. The lowest BCUT2D eigenvalue weighted by Crippen LogP contribution is -2.14. The van der Waals surface area contributed by atoms with Crippen LogP contribution in [0.15, 0.2) is 262 Å². The van der Waals surface area contributed by atoms with Gasteiger partial charge in [0, 0.05) is 62.2 Å². The largest absolute Gasteiger partial charge is 0.493 e. The Balaban J connectivity index is 0.000000163. The van der Waals surface area contributed by atoms with Gasteiger partial charge in [0.1, 0.15) is 34.2 Å². The number of aromatic nitrogens is 9. The molecule has 1 unspecified atom stereocenters. The third-order valence-electron chi connectivity index (χ3n) is 17.8. The zero-order valence-electron chi connectivity index (χ0n) is 65.2. The molecule has 30 heteroatoms. The number of pyridine rings is 5. The van der Waals surface area contributed by atoms with Crippen molar-refractivity contribution in [3.8, 4) is 23.0 Å². The van der Waals surface area contributed by atoms with E-state index in [2.05, 4.69) is 44.9 Å². The maximum absolute atomic E-state index is 12.4. The molecule has 0 aliphatic rings. The quantitative estimate of drug-likeness (QED) is 0.0150. The van der Waals surface area contributed by atoms with Crippen molar-refractivity contribution in [1.29, 1.82) is 0 Å². The van der Waals surface area contributed by atoms with Gasteiger partial charge in [-0.05, 0) is 127 Å². The van der Waals surface area contributed by atoms with Crippen LogP contribution >= 0.6 is 0 Å². The number of Topliss-reactive ketones (excluding diaryl/α,β-unsaturated/α-hetero) is 5. The highest BCUT2D eigenvalue weighted by atomic mass is 16.6. The predicted molar refractivity (Wildman–Crippen MR) is 447 cm³/mol. The summed E-state index contributed by atoms with van der Waals surface area (Å²) in [6, 6.07) is 69.4. The second kappa shape index (κ2) is 44.5. The van der Waals surface area contributed by atoms with E-state index < -0.39 is 35.3 Å². The molecule has 15 aromatic rings. The number of aliphatic hydroxyl groups is 3. The van der Waals surface area contributed by atoms with Crippen LogP contribution in [0.25, 0.3) is 54.5 Å². The number of para-hydroxylation sites is 5. The summed E-state index contributed by atoms with van der Waals surface area (Å²) in [5.74, 6) is -1.09. The molecular formula is C90H81N11O19. The molecule has 9 N–H and O–H groups in total. The third kappa shape index (κ3) is 25.1. The first kappa shape index (κ1) is 88.6. The first-order chi connectivity index (χ1) is 58.0. The van der Waals surface area contributed by atoms with Crippen LogP contribution < -0.4 is 24.7 Å². The first-order valence-corrected chi connectivity index (χ1v) is 36.8. The van der Waals surface area contributed by atoms with Crippen LogP contribution in [0.4, 0.5) is 0 Å². The van der Waals surface area contributed by atoms with Crippen LogP contribution in [-0.4, -0.2) is 163 Å². The Hall–Kier alpha value is -15.4. The van der Waals surface area contributed by atoms with Crippen LogP contribution in [0, 0.1) is 10.1 Å². The van der Waals surface area contributed by atoms with Crippen molar-refractivity contribution in [2.45, 2.75) is 45.0 Å². The van der Waals surface area contributed by atoms with Gasteiger partial charge >= 0.3 is 11.9 Å². The average molecular weight is 1620 g/mol. The third-order valence-corrected chi connectivity index (χ3v) is 17.8. The van der Waals surface area contributed by atoms with E-state index in [1.165, 1.54) is 76.7 Å². The van der Waals surface area contributed by atoms with E-state index in [0.717, 1.165) is 43.5 Å². The number of hydrogen-bond donors (Lipinski definition) is 8. The Morgan fingerprint density at radius 2 is 0.783 bits per heavy atom. The van der Waals surface area contributed by atoms with Gasteiger partial charge in [0.2, 0.25) is 5.78 Å². The summed E-state index contributed by atoms with van der Waals surface area (Å²) in [6.07, 6.45) is 5.83. The number of aromatic carboxylic acids is 2. The van der Waals surface area contributed by atoms with Gasteiger partial charge in [-0.15, -0.1) is 0 Å². The van der Waals surface area contributed by atoms with Gasteiger partial charge in [0.05, 0.1) is 118 Å². The van der Waals surface area contributed by atoms with E-state index >= 15 is 0 Å². The number of H-pyrrole nitrogens is 2.